The van der Waals surface area contributed by atoms with E-state index in [9.17, 15) is 4.79 Å². The van der Waals surface area contributed by atoms with Crippen LogP contribution in [0.3, 0.4) is 0 Å². The molecule has 0 aromatic heterocycles. The third kappa shape index (κ3) is 2.84. The third-order valence-corrected chi connectivity index (χ3v) is 2.72. The van der Waals surface area contributed by atoms with Crippen molar-refractivity contribution in [1.29, 1.82) is 0 Å². The van der Waals surface area contributed by atoms with Crippen LogP contribution < -0.4 is 11.1 Å². The van der Waals surface area contributed by atoms with E-state index < -0.39 is 0 Å². The first-order valence-corrected chi connectivity index (χ1v) is 5.38. The second kappa shape index (κ2) is 5.15. The Hall–Kier alpha value is -0.830. The van der Waals surface area contributed by atoms with Gasteiger partial charge in [0.1, 0.15) is 0 Å². The maximum Gasteiger partial charge on any atom is 0.227 e. The Kier molecular flexibility index (Phi) is 4.14. The normalized spacial score (nSPS) is 18.4. The van der Waals surface area contributed by atoms with Crippen molar-refractivity contribution < 1.29 is 4.79 Å². The van der Waals surface area contributed by atoms with Crippen molar-refractivity contribution in [2.45, 2.75) is 32.6 Å². The van der Waals surface area contributed by atoms with Gasteiger partial charge in [-0.1, -0.05) is 19.1 Å². The quantitative estimate of drug-likeness (QED) is 0.495. The molecule has 1 aliphatic rings. The molecule has 0 unspecified atom stereocenters. The SMILES string of the molecule is CC/C=C/CCNC(=O)C1(CN)CC1. The average Bonchev–Trinajstić information content (AvgIpc) is 2.98. The monoisotopic (exact) mass is 196 g/mol. The van der Waals surface area contributed by atoms with Crippen LogP contribution in [0.1, 0.15) is 32.6 Å². The van der Waals surface area contributed by atoms with Crippen LogP contribution in [-0.4, -0.2) is 19.0 Å². The summed E-state index contributed by atoms with van der Waals surface area (Å²) in [5, 5.41) is 2.93. The summed E-state index contributed by atoms with van der Waals surface area (Å²) in [6.45, 7) is 3.32. The predicted molar refractivity (Wildman–Crippen MR) is 57.8 cm³/mol. The standard InChI is InChI=1S/C11H20N2O/c1-2-3-4-5-8-13-10(14)11(9-12)6-7-11/h3-4H,2,5-9,12H2,1H3,(H,13,14)/b4-3+. The topological polar surface area (TPSA) is 55.1 Å². The predicted octanol–water partition coefficient (Wildman–Crippen LogP) is 1.20. The highest BCUT2D eigenvalue weighted by molar-refractivity contribution is 5.85. The van der Waals surface area contributed by atoms with Gasteiger partial charge in [-0.3, -0.25) is 4.79 Å². The molecular weight excluding hydrogens is 176 g/mol. The zero-order valence-corrected chi connectivity index (χ0v) is 8.88. The van der Waals surface area contributed by atoms with E-state index >= 15 is 0 Å². The molecule has 1 fully saturated rings. The number of nitrogens with two attached hydrogens (primary N) is 1. The lowest BCUT2D eigenvalue weighted by atomic mass is 10.1. The number of hydrogen-bond donors (Lipinski definition) is 2. The summed E-state index contributed by atoms with van der Waals surface area (Å²) in [4.78, 5) is 11.6. The van der Waals surface area contributed by atoms with Gasteiger partial charge in [0.15, 0.2) is 0 Å². The largest absolute Gasteiger partial charge is 0.355 e. The Labute approximate surface area is 85.7 Å². The summed E-state index contributed by atoms with van der Waals surface area (Å²) in [5.74, 6) is 0.143. The van der Waals surface area contributed by atoms with Crippen molar-refractivity contribution in [3.63, 3.8) is 0 Å². The van der Waals surface area contributed by atoms with E-state index in [2.05, 4.69) is 24.4 Å². The number of hydrogen-bond acceptors (Lipinski definition) is 2. The van der Waals surface area contributed by atoms with Crippen LogP contribution in [0.25, 0.3) is 0 Å². The first-order valence-electron chi connectivity index (χ1n) is 5.38. The molecule has 1 saturated carbocycles. The molecule has 3 nitrogen and oxygen atoms in total. The van der Waals surface area contributed by atoms with Crippen LogP contribution in [0.5, 0.6) is 0 Å². The van der Waals surface area contributed by atoms with E-state index in [1.807, 2.05) is 0 Å². The highest BCUT2D eigenvalue weighted by atomic mass is 16.2. The second-order valence-electron chi connectivity index (χ2n) is 3.91. The Morgan fingerprint density at radius 1 is 1.50 bits per heavy atom. The van der Waals surface area contributed by atoms with E-state index in [0.29, 0.717) is 6.54 Å². The molecule has 1 aliphatic carbocycles. The number of carbonyl (C=O) groups is 1. The molecular formula is C11H20N2O. The van der Waals surface area contributed by atoms with Crippen molar-refractivity contribution in [3.05, 3.63) is 12.2 Å². The molecule has 0 aromatic rings. The zero-order chi connectivity index (χ0) is 10.4. The molecule has 0 bridgehead atoms. The van der Waals surface area contributed by atoms with Crippen LogP contribution in [0.4, 0.5) is 0 Å². The lowest BCUT2D eigenvalue weighted by Gasteiger charge is -2.11. The fourth-order valence-corrected chi connectivity index (χ4v) is 1.42. The number of allylic oxidation sites excluding steroid dienone is 1. The van der Waals surface area contributed by atoms with Crippen LogP contribution in [0.2, 0.25) is 0 Å². The van der Waals surface area contributed by atoms with Crippen LogP contribution >= 0.6 is 0 Å². The van der Waals surface area contributed by atoms with Gasteiger partial charge < -0.3 is 11.1 Å². The van der Waals surface area contributed by atoms with Gasteiger partial charge >= 0.3 is 0 Å². The van der Waals surface area contributed by atoms with E-state index in [1.54, 1.807) is 0 Å². The molecule has 80 valence electrons. The van der Waals surface area contributed by atoms with Crippen LogP contribution in [0, 0.1) is 5.41 Å². The van der Waals surface area contributed by atoms with Gasteiger partial charge in [0.05, 0.1) is 5.41 Å². The lowest BCUT2D eigenvalue weighted by Crippen LogP contribution is -2.36. The van der Waals surface area contributed by atoms with E-state index in [4.69, 9.17) is 5.73 Å². The first kappa shape index (κ1) is 11.2. The van der Waals surface area contributed by atoms with E-state index in [-0.39, 0.29) is 11.3 Å². The maximum atomic E-state index is 11.6. The fraction of sp³-hybridized carbons (Fsp3) is 0.727. The minimum Gasteiger partial charge on any atom is -0.355 e. The summed E-state index contributed by atoms with van der Waals surface area (Å²) in [6, 6.07) is 0. The van der Waals surface area contributed by atoms with Crippen molar-refractivity contribution >= 4 is 5.91 Å². The summed E-state index contributed by atoms with van der Waals surface area (Å²) in [6.07, 6.45) is 8.10. The number of amides is 1. The average molecular weight is 196 g/mol. The fourth-order valence-electron chi connectivity index (χ4n) is 1.42. The van der Waals surface area contributed by atoms with Gasteiger partial charge in [0, 0.05) is 13.1 Å². The smallest absolute Gasteiger partial charge is 0.227 e. The Balaban J connectivity index is 2.13. The van der Waals surface area contributed by atoms with E-state index in [0.717, 1.165) is 32.2 Å². The molecule has 3 N–H and O–H groups in total. The van der Waals surface area contributed by atoms with Gasteiger partial charge in [-0.05, 0) is 25.7 Å². The van der Waals surface area contributed by atoms with Crippen molar-refractivity contribution in [2.75, 3.05) is 13.1 Å². The molecule has 0 spiro atoms. The summed E-state index contributed by atoms with van der Waals surface area (Å²) >= 11 is 0. The number of rotatable bonds is 6. The maximum absolute atomic E-state index is 11.6. The molecule has 1 amide bonds. The zero-order valence-electron chi connectivity index (χ0n) is 8.88. The Bertz CT molecular complexity index is 219. The molecule has 0 heterocycles. The van der Waals surface area contributed by atoms with Gasteiger partial charge in [-0.2, -0.15) is 0 Å². The van der Waals surface area contributed by atoms with Crippen molar-refractivity contribution in [3.8, 4) is 0 Å². The third-order valence-electron chi connectivity index (χ3n) is 2.72. The minimum atomic E-state index is -0.200. The highest BCUT2D eigenvalue weighted by Crippen LogP contribution is 2.44. The van der Waals surface area contributed by atoms with E-state index in [1.165, 1.54) is 0 Å². The van der Waals surface area contributed by atoms with Crippen molar-refractivity contribution in [1.82, 2.24) is 5.32 Å². The van der Waals surface area contributed by atoms with Gasteiger partial charge in [0.25, 0.3) is 0 Å². The summed E-state index contributed by atoms with van der Waals surface area (Å²) in [7, 11) is 0. The van der Waals surface area contributed by atoms with Gasteiger partial charge in [-0.15, -0.1) is 0 Å². The highest BCUT2D eigenvalue weighted by Gasteiger charge is 2.48. The molecule has 0 atom stereocenters. The number of nitrogens with one attached hydrogen (secondary N) is 1. The molecule has 0 saturated heterocycles. The second-order valence-corrected chi connectivity index (χ2v) is 3.91. The van der Waals surface area contributed by atoms with Gasteiger partial charge in [0.2, 0.25) is 5.91 Å². The Morgan fingerprint density at radius 3 is 2.71 bits per heavy atom. The molecule has 0 aromatic carbocycles. The molecule has 14 heavy (non-hydrogen) atoms. The van der Waals surface area contributed by atoms with Crippen molar-refractivity contribution in [2.24, 2.45) is 11.1 Å². The summed E-state index contributed by atoms with van der Waals surface area (Å²) < 4.78 is 0. The lowest BCUT2D eigenvalue weighted by molar-refractivity contribution is -0.125. The van der Waals surface area contributed by atoms with Crippen LogP contribution in [0.15, 0.2) is 12.2 Å². The number of carbonyl (C=O) groups excluding carboxylic acids is 1. The summed E-state index contributed by atoms with van der Waals surface area (Å²) in [5.41, 5.74) is 5.35. The molecule has 3 heteroatoms. The Morgan fingerprint density at radius 2 is 2.21 bits per heavy atom. The van der Waals surface area contributed by atoms with Crippen LogP contribution in [-0.2, 0) is 4.79 Å². The van der Waals surface area contributed by atoms with Gasteiger partial charge in [-0.25, -0.2) is 0 Å². The first-order chi connectivity index (χ1) is 6.75. The molecule has 0 radical (unpaired) electrons. The minimum absolute atomic E-state index is 0.143. The molecule has 0 aliphatic heterocycles. The molecule has 1 rings (SSSR count).